The van der Waals surface area contributed by atoms with Crippen molar-refractivity contribution in [1.82, 2.24) is 9.88 Å². The Morgan fingerprint density at radius 3 is 2.78 bits per heavy atom. The van der Waals surface area contributed by atoms with Gasteiger partial charge in [-0.1, -0.05) is 23.5 Å². The number of aliphatic hydroxyl groups excluding tert-OH is 1. The Labute approximate surface area is 165 Å². The second kappa shape index (κ2) is 7.93. The summed E-state index contributed by atoms with van der Waals surface area (Å²) in [4.78, 5) is 22.6. The molecule has 27 heavy (non-hydrogen) atoms. The van der Waals surface area contributed by atoms with Crippen LogP contribution in [0.15, 0.2) is 35.7 Å². The number of carbonyl (C=O) groups is 1. The number of rotatable bonds is 5. The van der Waals surface area contributed by atoms with E-state index in [4.69, 9.17) is 10.7 Å². The fraction of sp³-hybridized carbons (Fsp3) is 0.368. The number of piperazine rings is 1. The van der Waals surface area contributed by atoms with Gasteiger partial charge in [0.1, 0.15) is 0 Å². The molecule has 0 aliphatic carbocycles. The van der Waals surface area contributed by atoms with Crippen LogP contribution in [0.2, 0.25) is 0 Å². The molecule has 4 rings (SSSR count). The van der Waals surface area contributed by atoms with E-state index in [-0.39, 0.29) is 12.5 Å². The van der Waals surface area contributed by atoms with E-state index in [0.29, 0.717) is 19.5 Å². The molecule has 142 valence electrons. The van der Waals surface area contributed by atoms with Crippen molar-refractivity contribution in [3.05, 3.63) is 46.2 Å². The van der Waals surface area contributed by atoms with Crippen molar-refractivity contribution >= 4 is 43.9 Å². The van der Waals surface area contributed by atoms with Gasteiger partial charge in [-0.25, -0.2) is 4.98 Å². The molecule has 6 nitrogen and oxygen atoms in total. The first-order chi connectivity index (χ1) is 13.1. The van der Waals surface area contributed by atoms with E-state index in [1.165, 1.54) is 0 Å². The van der Waals surface area contributed by atoms with E-state index in [0.717, 1.165) is 38.9 Å². The molecule has 1 amide bonds. The Hall–Kier alpha value is -2.00. The van der Waals surface area contributed by atoms with Crippen LogP contribution in [-0.4, -0.2) is 53.1 Å². The molecule has 1 aromatic carbocycles. The lowest BCUT2D eigenvalue weighted by atomic mass is 10.1. The number of fused-ring (bicyclic) bond motifs is 1. The smallest absolute Gasteiger partial charge is 0.239 e. The SMILES string of the molecule is NC(Cc1cccs1)C(=O)N1CCN(c2nc3ccc(CO)cc3s2)CC1. The standard InChI is InChI=1S/C19H22N4O2S2/c20-15(11-14-2-1-9-26-14)18(25)22-5-7-23(8-6-22)19-21-16-4-3-13(12-24)10-17(16)27-19/h1-4,9-10,15,24H,5-8,11-12,20H2. The molecule has 1 aliphatic heterocycles. The molecule has 1 aliphatic rings. The number of nitrogens with zero attached hydrogens (tertiary/aromatic N) is 3. The van der Waals surface area contributed by atoms with E-state index in [2.05, 4.69) is 4.90 Å². The van der Waals surface area contributed by atoms with Crippen LogP contribution in [0.5, 0.6) is 0 Å². The average molecular weight is 403 g/mol. The monoisotopic (exact) mass is 402 g/mol. The minimum atomic E-state index is -0.477. The van der Waals surface area contributed by atoms with Crippen LogP contribution >= 0.6 is 22.7 Å². The Bertz CT molecular complexity index is 917. The van der Waals surface area contributed by atoms with Crippen LogP contribution in [0.1, 0.15) is 10.4 Å². The lowest BCUT2D eigenvalue weighted by Gasteiger charge is -2.35. The van der Waals surface area contributed by atoms with Crippen molar-refractivity contribution in [2.75, 3.05) is 31.1 Å². The number of nitrogens with two attached hydrogens (primary N) is 1. The molecule has 1 fully saturated rings. The maximum Gasteiger partial charge on any atom is 0.239 e. The van der Waals surface area contributed by atoms with Gasteiger partial charge < -0.3 is 20.6 Å². The largest absolute Gasteiger partial charge is 0.392 e. The van der Waals surface area contributed by atoms with Crippen LogP contribution in [0.3, 0.4) is 0 Å². The van der Waals surface area contributed by atoms with Gasteiger partial charge in [-0.3, -0.25) is 4.79 Å². The number of anilines is 1. The topological polar surface area (TPSA) is 82.7 Å². The molecule has 1 unspecified atom stereocenters. The minimum absolute atomic E-state index is 0.0277. The van der Waals surface area contributed by atoms with Crippen LogP contribution < -0.4 is 10.6 Å². The summed E-state index contributed by atoms with van der Waals surface area (Å²) in [6.07, 6.45) is 0.599. The Morgan fingerprint density at radius 1 is 1.26 bits per heavy atom. The van der Waals surface area contributed by atoms with Crippen molar-refractivity contribution in [3.8, 4) is 0 Å². The zero-order valence-electron chi connectivity index (χ0n) is 14.9. The number of thiophene rings is 1. The van der Waals surface area contributed by atoms with Gasteiger partial charge in [0, 0.05) is 37.5 Å². The second-order valence-corrected chi connectivity index (χ2v) is 8.70. The minimum Gasteiger partial charge on any atom is -0.392 e. The van der Waals surface area contributed by atoms with Crippen LogP contribution in [0.25, 0.3) is 10.2 Å². The lowest BCUT2D eigenvalue weighted by Crippen LogP contribution is -2.53. The zero-order chi connectivity index (χ0) is 18.8. The van der Waals surface area contributed by atoms with Gasteiger partial charge >= 0.3 is 0 Å². The van der Waals surface area contributed by atoms with Crippen LogP contribution in [-0.2, 0) is 17.8 Å². The zero-order valence-corrected chi connectivity index (χ0v) is 16.5. The molecule has 8 heteroatoms. The fourth-order valence-electron chi connectivity index (χ4n) is 3.28. The summed E-state index contributed by atoms with van der Waals surface area (Å²) in [6, 6.07) is 9.36. The Kier molecular flexibility index (Phi) is 5.40. The Morgan fingerprint density at radius 2 is 2.07 bits per heavy atom. The maximum atomic E-state index is 12.6. The molecule has 3 N–H and O–H groups in total. The predicted molar refractivity (Wildman–Crippen MR) is 110 cm³/mol. The molecule has 3 aromatic rings. The number of aliphatic hydroxyl groups is 1. The molecular weight excluding hydrogens is 380 g/mol. The number of carbonyl (C=O) groups excluding carboxylic acids is 1. The van der Waals surface area contributed by atoms with Gasteiger partial charge in [-0.05, 0) is 29.1 Å². The summed E-state index contributed by atoms with van der Waals surface area (Å²) in [6.45, 7) is 2.87. The highest BCUT2D eigenvalue weighted by Gasteiger charge is 2.26. The van der Waals surface area contributed by atoms with E-state index in [9.17, 15) is 9.90 Å². The average Bonchev–Trinajstić information content (AvgIpc) is 3.36. The van der Waals surface area contributed by atoms with Crippen molar-refractivity contribution in [2.45, 2.75) is 19.1 Å². The summed E-state index contributed by atoms with van der Waals surface area (Å²) in [5.74, 6) is 0.0277. The molecule has 3 heterocycles. The number of thiazole rings is 1. The first-order valence-electron chi connectivity index (χ1n) is 8.96. The highest BCUT2D eigenvalue weighted by Crippen LogP contribution is 2.30. The van der Waals surface area contributed by atoms with E-state index >= 15 is 0 Å². The molecule has 0 radical (unpaired) electrons. The highest BCUT2D eigenvalue weighted by atomic mass is 32.1. The number of hydrogen-bond donors (Lipinski definition) is 2. The quantitative estimate of drug-likeness (QED) is 0.683. The van der Waals surface area contributed by atoms with Gasteiger partial charge in [0.15, 0.2) is 5.13 Å². The molecule has 2 aromatic heterocycles. The lowest BCUT2D eigenvalue weighted by molar-refractivity contribution is -0.132. The van der Waals surface area contributed by atoms with Gasteiger partial charge in [0.2, 0.25) is 5.91 Å². The van der Waals surface area contributed by atoms with Crippen molar-refractivity contribution in [1.29, 1.82) is 0 Å². The van der Waals surface area contributed by atoms with Gasteiger partial charge in [0.05, 0.1) is 22.9 Å². The third-order valence-electron chi connectivity index (χ3n) is 4.80. The first-order valence-corrected chi connectivity index (χ1v) is 10.7. The van der Waals surface area contributed by atoms with Crippen molar-refractivity contribution in [2.24, 2.45) is 5.73 Å². The molecular formula is C19H22N4O2S2. The number of benzene rings is 1. The summed E-state index contributed by atoms with van der Waals surface area (Å²) in [5, 5.41) is 12.3. The van der Waals surface area contributed by atoms with Gasteiger partial charge in [-0.15, -0.1) is 11.3 Å². The maximum absolute atomic E-state index is 12.6. The third-order valence-corrected chi connectivity index (χ3v) is 6.78. The van der Waals surface area contributed by atoms with E-state index in [1.54, 1.807) is 22.7 Å². The van der Waals surface area contributed by atoms with Crippen LogP contribution in [0.4, 0.5) is 5.13 Å². The number of hydrogen-bond acceptors (Lipinski definition) is 7. The summed E-state index contributed by atoms with van der Waals surface area (Å²) < 4.78 is 1.08. The molecule has 0 saturated carbocycles. The molecule has 0 bridgehead atoms. The van der Waals surface area contributed by atoms with Gasteiger partial charge in [0.25, 0.3) is 0 Å². The molecule has 1 saturated heterocycles. The molecule has 0 spiro atoms. The summed E-state index contributed by atoms with van der Waals surface area (Å²) in [5.41, 5.74) is 7.98. The van der Waals surface area contributed by atoms with E-state index < -0.39 is 6.04 Å². The summed E-state index contributed by atoms with van der Waals surface area (Å²) >= 11 is 3.26. The highest BCUT2D eigenvalue weighted by molar-refractivity contribution is 7.22. The second-order valence-electron chi connectivity index (χ2n) is 6.66. The number of amides is 1. The Balaban J connectivity index is 1.37. The van der Waals surface area contributed by atoms with Crippen molar-refractivity contribution < 1.29 is 9.90 Å². The first kappa shape index (κ1) is 18.4. The third kappa shape index (κ3) is 3.98. The number of aromatic nitrogens is 1. The predicted octanol–water partition coefficient (Wildman–Crippen LogP) is 2.07. The normalized spacial score (nSPS) is 16.1. The van der Waals surface area contributed by atoms with Gasteiger partial charge in [-0.2, -0.15) is 0 Å². The van der Waals surface area contributed by atoms with Crippen molar-refractivity contribution in [3.63, 3.8) is 0 Å². The van der Waals surface area contributed by atoms with E-state index in [1.807, 2.05) is 40.6 Å². The molecule has 1 atom stereocenters. The summed E-state index contributed by atoms with van der Waals surface area (Å²) in [7, 11) is 0. The van der Waals surface area contributed by atoms with Crippen LogP contribution in [0, 0.1) is 0 Å². The fourth-order valence-corrected chi connectivity index (χ4v) is 5.12.